The molecule has 0 saturated heterocycles. The van der Waals surface area contributed by atoms with E-state index in [0.717, 1.165) is 0 Å². The zero-order chi connectivity index (χ0) is 21.7. The van der Waals surface area contributed by atoms with Crippen LogP contribution in [-0.2, 0) is 9.59 Å². The van der Waals surface area contributed by atoms with Gasteiger partial charge in [0.25, 0.3) is 11.6 Å². The Morgan fingerprint density at radius 3 is 0.815 bits per heavy atom. The molecule has 2 radical (unpaired) electrons. The Labute approximate surface area is 157 Å². The van der Waals surface area contributed by atoms with E-state index in [1.807, 2.05) is 0 Å². The van der Waals surface area contributed by atoms with Crippen LogP contribution in [0, 0.1) is 0 Å². The summed E-state index contributed by atoms with van der Waals surface area (Å²) in [7, 11) is 0. The summed E-state index contributed by atoms with van der Waals surface area (Å²) in [6.07, 6.45) is -23.9. The molecule has 0 aliphatic heterocycles. The number of hydrogen-bond acceptors (Lipinski definition) is 4. The molecule has 0 atom stereocenters. The average molecular weight is 533 g/mol. The first-order chi connectivity index (χ1) is 11.1. The predicted molar refractivity (Wildman–Crippen MR) is 56.2 cm³/mol. The first-order valence-electron chi connectivity index (χ1n) is 5.24. The zero-order valence-corrected chi connectivity index (χ0v) is 14.7. The third kappa shape index (κ3) is 13.2. The number of rotatable bonds is 2. The molecule has 0 heterocycles. The molecule has 0 rings (SSSR count). The molecule has 0 aromatic heterocycles. The van der Waals surface area contributed by atoms with Crippen LogP contribution in [0.25, 0.3) is 0 Å². The van der Waals surface area contributed by atoms with Crippen molar-refractivity contribution in [3.8, 4) is 0 Å². The van der Waals surface area contributed by atoms with Crippen molar-refractivity contribution in [2.75, 3.05) is 0 Å². The summed E-state index contributed by atoms with van der Waals surface area (Å²) in [5.41, 5.74) is 0. The van der Waals surface area contributed by atoms with Gasteiger partial charge < -0.3 is 10.2 Å². The number of ketones is 2. The van der Waals surface area contributed by atoms with Gasteiger partial charge in [-0.25, -0.2) is 0 Å². The maximum absolute atomic E-state index is 11.3. The minimum atomic E-state index is -5.46. The monoisotopic (exact) mass is 534 g/mol. The van der Waals surface area contributed by atoms with Gasteiger partial charge in [0.15, 0.2) is 0 Å². The molecular formula is C10H2F12O4Sn. The van der Waals surface area contributed by atoms with Crippen molar-refractivity contribution < 1.29 is 72.5 Å². The van der Waals surface area contributed by atoms with Crippen LogP contribution in [0.15, 0.2) is 23.7 Å². The number of carbonyl (C=O) groups is 2. The summed E-state index contributed by atoms with van der Waals surface area (Å²) < 4.78 is 136. The number of hydrogen-bond donors (Lipinski definition) is 0. The molecule has 4 nitrogen and oxygen atoms in total. The molecule has 27 heavy (non-hydrogen) atoms. The summed E-state index contributed by atoms with van der Waals surface area (Å²) in [6, 6.07) is 0. The smallest absolute Gasteiger partial charge is 0.869 e. The van der Waals surface area contributed by atoms with Crippen LogP contribution in [0.1, 0.15) is 0 Å². The van der Waals surface area contributed by atoms with E-state index in [1.165, 1.54) is 0 Å². The summed E-state index contributed by atoms with van der Waals surface area (Å²) in [5, 5.41) is 19.6. The Hall–Kier alpha value is -1.62. The van der Waals surface area contributed by atoms with Crippen LogP contribution in [0.4, 0.5) is 52.7 Å². The number of carbonyl (C=O) groups excluding carboxylic acids is 2. The van der Waals surface area contributed by atoms with E-state index in [0.29, 0.717) is 0 Å². The molecule has 17 heteroatoms. The summed E-state index contributed by atoms with van der Waals surface area (Å²) >= 11 is 0. The van der Waals surface area contributed by atoms with Crippen molar-refractivity contribution >= 4 is 35.5 Å². The van der Waals surface area contributed by atoms with Gasteiger partial charge in [-0.15, -0.1) is 0 Å². The van der Waals surface area contributed by atoms with Gasteiger partial charge in [-0.05, 0) is 23.7 Å². The van der Waals surface area contributed by atoms with Gasteiger partial charge in [0, 0.05) is 0 Å². The Bertz CT molecular complexity index is 527. The van der Waals surface area contributed by atoms with Gasteiger partial charge in [0.2, 0.25) is 0 Å². The average Bonchev–Trinajstić information content (AvgIpc) is 2.34. The molecule has 0 aromatic carbocycles. The number of allylic oxidation sites excluding steroid dienone is 4. The molecule has 0 aliphatic carbocycles. The molecule has 0 amide bonds. The van der Waals surface area contributed by atoms with Crippen LogP contribution in [0.2, 0.25) is 0 Å². The van der Waals surface area contributed by atoms with E-state index in [9.17, 15) is 72.5 Å². The molecular weight excluding hydrogens is 531 g/mol. The maximum atomic E-state index is 11.3. The molecule has 154 valence electrons. The second-order valence-electron chi connectivity index (χ2n) is 3.74. The van der Waals surface area contributed by atoms with Crippen LogP contribution in [-0.4, -0.2) is 60.2 Å². The van der Waals surface area contributed by atoms with Crippen LogP contribution < -0.4 is 10.2 Å². The fraction of sp³-hybridized carbons (Fsp3) is 0.400. The largest absolute Gasteiger partial charge is 2.00 e. The van der Waals surface area contributed by atoms with Crippen molar-refractivity contribution in [2.45, 2.75) is 24.7 Å². The van der Waals surface area contributed by atoms with E-state index in [1.54, 1.807) is 0 Å². The molecule has 0 saturated carbocycles. The number of halogens is 12. The predicted octanol–water partition coefficient (Wildman–Crippen LogP) is 1.47. The molecule has 0 unspecified atom stereocenters. The molecule has 0 fully saturated rings. The van der Waals surface area contributed by atoms with Gasteiger partial charge in [-0.3, -0.25) is 9.59 Å². The Morgan fingerprint density at radius 2 is 0.704 bits per heavy atom. The Balaban J connectivity index is -0.000000411. The standard InChI is InChI=1S/2C5H2F6O2.Sn/c2*6-4(7,8)2(12)1-3(13)5(9,10)11;/h2*1,12H;/q;;+2/p-2/b2*2-1-;. The SMILES string of the molecule is O=C(/C=C(\[O-])C(F)(F)F)C(F)(F)F.O=C(/C=C(\[O-])C(F)(F)F)C(F)(F)F.[Sn+2]. The third-order valence-corrected chi connectivity index (χ3v) is 1.64. The fourth-order valence-electron chi connectivity index (χ4n) is 0.565. The summed E-state index contributed by atoms with van der Waals surface area (Å²) in [5.74, 6) is -11.3. The third-order valence-electron chi connectivity index (χ3n) is 1.64. The van der Waals surface area contributed by atoms with Crippen molar-refractivity contribution in [1.29, 1.82) is 0 Å². The Kier molecular flexibility index (Phi) is 11.2. The van der Waals surface area contributed by atoms with E-state index in [-0.39, 0.29) is 23.9 Å². The van der Waals surface area contributed by atoms with Gasteiger partial charge in [-0.2, -0.15) is 52.7 Å². The van der Waals surface area contributed by atoms with Gasteiger partial charge in [0.05, 0.1) is 0 Å². The first kappa shape index (κ1) is 30.1. The Morgan fingerprint density at radius 1 is 0.519 bits per heavy atom. The van der Waals surface area contributed by atoms with Crippen LogP contribution >= 0.6 is 0 Å². The zero-order valence-electron chi connectivity index (χ0n) is 11.8. The molecule has 0 aliphatic rings. The van der Waals surface area contributed by atoms with Crippen LogP contribution in [0.5, 0.6) is 0 Å². The van der Waals surface area contributed by atoms with Gasteiger partial charge in [0.1, 0.15) is 0 Å². The normalized spacial score (nSPS) is 13.9. The minimum absolute atomic E-state index is 0. The minimum Gasteiger partial charge on any atom is -0.869 e. The second-order valence-corrected chi connectivity index (χ2v) is 3.74. The van der Waals surface area contributed by atoms with Crippen molar-refractivity contribution in [1.82, 2.24) is 0 Å². The van der Waals surface area contributed by atoms with E-state index < -0.39 is 59.9 Å². The fourth-order valence-corrected chi connectivity index (χ4v) is 0.565. The molecule has 0 N–H and O–H groups in total. The van der Waals surface area contributed by atoms with Gasteiger partial charge in [-0.1, -0.05) is 0 Å². The van der Waals surface area contributed by atoms with Crippen LogP contribution in [0.3, 0.4) is 0 Å². The van der Waals surface area contributed by atoms with Crippen molar-refractivity contribution in [3.63, 3.8) is 0 Å². The first-order valence-corrected chi connectivity index (χ1v) is 5.24. The van der Waals surface area contributed by atoms with E-state index >= 15 is 0 Å². The second kappa shape index (κ2) is 10.1. The summed E-state index contributed by atoms with van der Waals surface area (Å²) in [4.78, 5) is 19.6. The molecule has 0 bridgehead atoms. The van der Waals surface area contributed by atoms with Crippen molar-refractivity contribution in [3.05, 3.63) is 23.7 Å². The topological polar surface area (TPSA) is 80.3 Å². The van der Waals surface area contributed by atoms with E-state index in [4.69, 9.17) is 0 Å². The quantitative estimate of drug-likeness (QED) is 0.234. The van der Waals surface area contributed by atoms with Gasteiger partial charge >= 0.3 is 48.6 Å². The molecule has 0 aromatic rings. The number of alkyl halides is 12. The molecule has 0 spiro atoms. The summed E-state index contributed by atoms with van der Waals surface area (Å²) in [6.45, 7) is 0. The van der Waals surface area contributed by atoms with Crippen molar-refractivity contribution in [2.24, 2.45) is 0 Å². The maximum Gasteiger partial charge on any atom is 2.00 e. The van der Waals surface area contributed by atoms with E-state index in [2.05, 4.69) is 0 Å².